The molecule has 0 spiro atoms. The molecular formula is C42H34IN7. The van der Waals surface area contributed by atoms with Crippen molar-refractivity contribution in [3.8, 4) is 0 Å². The maximum atomic E-state index is 5.46. The lowest BCUT2D eigenvalue weighted by Gasteiger charge is -2.35. The van der Waals surface area contributed by atoms with Gasteiger partial charge >= 0.3 is 0 Å². The van der Waals surface area contributed by atoms with Gasteiger partial charge in [0.1, 0.15) is 0 Å². The first-order valence-electron chi connectivity index (χ1n) is 16.8. The van der Waals surface area contributed by atoms with Gasteiger partial charge in [-0.25, -0.2) is 4.99 Å². The number of nitrogens with one attached hydrogen (secondary N) is 2. The van der Waals surface area contributed by atoms with Crippen molar-refractivity contribution < 1.29 is 0 Å². The van der Waals surface area contributed by atoms with Crippen molar-refractivity contribution in [3.63, 3.8) is 0 Å². The number of alkyl halides is 1. The van der Waals surface area contributed by atoms with Crippen LogP contribution in [0, 0.1) is 5.92 Å². The van der Waals surface area contributed by atoms with Gasteiger partial charge in [-0.05, 0) is 118 Å². The number of halogens is 1. The fraction of sp³-hybridized carbons (Fsp3) is 0.143. The number of nitrogens with zero attached hydrogens (tertiary/aromatic N) is 5. The number of hydrogen-bond donors (Lipinski definition) is 2. The molecule has 50 heavy (non-hydrogen) atoms. The number of fused-ring (bicyclic) bond motifs is 6. The Morgan fingerprint density at radius 3 is 2.06 bits per heavy atom. The number of rotatable bonds is 4. The molecule has 3 unspecified atom stereocenters. The minimum absolute atomic E-state index is 0.0564. The molecule has 0 amide bonds. The summed E-state index contributed by atoms with van der Waals surface area (Å²) in [5, 5.41) is 3.94. The predicted octanol–water partition coefficient (Wildman–Crippen LogP) is 7.95. The highest BCUT2D eigenvalue weighted by Gasteiger charge is 2.42. The van der Waals surface area contributed by atoms with Crippen LogP contribution in [0.5, 0.6) is 0 Å². The van der Waals surface area contributed by atoms with Crippen LogP contribution in [0.25, 0.3) is 16.7 Å². The molecule has 3 atom stereocenters. The summed E-state index contributed by atoms with van der Waals surface area (Å²) in [5.74, 6) is 0.437. The molecule has 5 aliphatic rings. The number of aliphatic imine (C=N–C) groups is 2. The summed E-state index contributed by atoms with van der Waals surface area (Å²) in [6.07, 6.45) is 26.6. The number of pyridine rings is 3. The Kier molecular flexibility index (Phi) is 7.68. The van der Waals surface area contributed by atoms with E-state index in [0.717, 1.165) is 73.3 Å². The molecule has 0 saturated heterocycles. The van der Waals surface area contributed by atoms with E-state index in [9.17, 15) is 0 Å². The Bertz CT molecular complexity index is 2330. The molecule has 0 fully saturated rings. The molecule has 4 aromatic heterocycles. The van der Waals surface area contributed by atoms with Gasteiger partial charge < -0.3 is 10.3 Å². The molecular weight excluding hydrogens is 729 g/mol. The van der Waals surface area contributed by atoms with E-state index in [2.05, 4.69) is 134 Å². The summed E-state index contributed by atoms with van der Waals surface area (Å²) in [6.45, 7) is 4.62. The van der Waals surface area contributed by atoms with Crippen molar-refractivity contribution in [2.45, 2.75) is 25.3 Å². The average molecular weight is 764 g/mol. The van der Waals surface area contributed by atoms with E-state index in [1.54, 1.807) is 0 Å². The standard InChI is InChI=1S/C42H34IN7/c1-26-25-43-18-11-30(26)41-35-5-3-31(47-35)39(27-12-19-44-20-13-27)33-7-9-37(49-33)42(2,29-16-23-46-24-17-29)38-10-8-34(50-38)40(28-14-21-45-22-15-28)32-4-6-36(41)48-32/h3-24,26,37,48-49H,25H2,1-2H3/b39-33-,40-34-,41-35-. The van der Waals surface area contributed by atoms with Gasteiger partial charge in [0, 0.05) is 75.4 Å². The molecule has 9 rings (SSSR count). The van der Waals surface area contributed by atoms with Crippen molar-refractivity contribution in [1.82, 2.24) is 25.3 Å². The highest BCUT2D eigenvalue weighted by molar-refractivity contribution is 14.2. The Balaban J connectivity index is 1.34. The van der Waals surface area contributed by atoms with Crippen LogP contribution < -0.4 is 5.32 Å². The van der Waals surface area contributed by atoms with Gasteiger partial charge in [-0.15, -0.1) is 20.7 Å². The summed E-state index contributed by atoms with van der Waals surface area (Å²) in [5.41, 5.74) is 14.0. The van der Waals surface area contributed by atoms with E-state index in [1.807, 2.05) is 37.2 Å². The molecule has 0 aromatic carbocycles. The Hall–Kier alpha value is -5.35. The lowest BCUT2D eigenvalue weighted by molar-refractivity contribution is 0.515. The Morgan fingerprint density at radius 2 is 1.34 bits per heavy atom. The third-order valence-corrected chi connectivity index (χ3v) is 12.9. The number of aromatic amines is 1. The third-order valence-electron chi connectivity index (χ3n) is 10.2. The molecule has 8 heteroatoms. The lowest BCUT2D eigenvalue weighted by atomic mass is 9.72. The number of aromatic nitrogens is 4. The molecule has 7 nitrogen and oxygen atoms in total. The number of hydrogen-bond acceptors (Lipinski definition) is 6. The highest BCUT2D eigenvalue weighted by Crippen LogP contribution is 2.42. The van der Waals surface area contributed by atoms with Gasteiger partial charge in [0.05, 0.1) is 34.3 Å². The van der Waals surface area contributed by atoms with Gasteiger partial charge in [-0.2, -0.15) is 0 Å². The van der Waals surface area contributed by atoms with Crippen molar-refractivity contribution in [1.29, 1.82) is 0 Å². The van der Waals surface area contributed by atoms with Gasteiger partial charge in [-0.1, -0.05) is 19.1 Å². The first kappa shape index (κ1) is 30.7. The molecule has 0 saturated carbocycles. The molecule has 9 heterocycles. The van der Waals surface area contributed by atoms with Crippen LogP contribution in [0.4, 0.5) is 0 Å². The van der Waals surface area contributed by atoms with Crippen molar-refractivity contribution in [2.75, 3.05) is 4.43 Å². The molecule has 0 aliphatic carbocycles. The quantitative estimate of drug-likeness (QED) is 0.163. The van der Waals surface area contributed by atoms with E-state index in [4.69, 9.17) is 9.98 Å². The van der Waals surface area contributed by atoms with Crippen molar-refractivity contribution in [2.24, 2.45) is 15.9 Å². The summed E-state index contributed by atoms with van der Waals surface area (Å²) >= 11 is 0.0564. The smallest absolute Gasteiger partial charge is 0.0737 e. The summed E-state index contributed by atoms with van der Waals surface area (Å²) in [6, 6.07) is 16.7. The van der Waals surface area contributed by atoms with Crippen LogP contribution in [0.1, 0.15) is 41.9 Å². The van der Waals surface area contributed by atoms with Crippen LogP contribution >= 0.6 is 20.7 Å². The monoisotopic (exact) mass is 763 g/mol. The summed E-state index contributed by atoms with van der Waals surface area (Å²) < 4.78 is 3.61. The topological polar surface area (TPSA) is 91.2 Å². The van der Waals surface area contributed by atoms with E-state index in [0.29, 0.717) is 5.92 Å². The zero-order valence-corrected chi connectivity index (χ0v) is 29.8. The van der Waals surface area contributed by atoms with Crippen LogP contribution in [0.3, 0.4) is 0 Å². The fourth-order valence-electron chi connectivity index (χ4n) is 7.49. The second-order valence-electron chi connectivity index (χ2n) is 13.1. The van der Waals surface area contributed by atoms with Gasteiger partial charge in [-0.3, -0.25) is 19.9 Å². The normalized spacial score (nSPS) is 28.2. The van der Waals surface area contributed by atoms with E-state index < -0.39 is 5.41 Å². The molecule has 244 valence electrons. The van der Waals surface area contributed by atoms with Crippen LogP contribution in [-0.4, -0.2) is 45.8 Å². The Morgan fingerprint density at radius 1 is 0.700 bits per heavy atom. The van der Waals surface area contributed by atoms with E-state index in [-0.39, 0.29) is 26.8 Å². The van der Waals surface area contributed by atoms with Crippen LogP contribution in [-0.2, 0) is 5.41 Å². The maximum absolute atomic E-state index is 5.46. The number of allylic oxidation sites excluding steroid dienone is 9. The summed E-state index contributed by atoms with van der Waals surface area (Å²) in [7, 11) is 0. The number of H-pyrrole nitrogens is 1. The Labute approximate surface area is 301 Å². The van der Waals surface area contributed by atoms with E-state index >= 15 is 0 Å². The maximum Gasteiger partial charge on any atom is 0.0737 e. The van der Waals surface area contributed by atoms with E-state index in [1.165, 1.54) is 10.0 Å². The minimum Gasteiger partial charge on any atom is -0.377 e. The summed E-state index contributed by atoms with van der Waals surface area (Å²) in [4.78, 5) is 27.8. The first-order valence-corrected chi connectivity index (χ1v) is 19.6. The average Bonchev–Trinajstić information content (AvgIpc) is 4.00. The third kappa shape index (κ3) is 5.17. The molecule has 2 N–H and O–H groups in total. The zero-order valence-electron chi connectivity index (χ0n) is 27.7. The second-order valence-corrected chi connectivity index (χ2v) is 15.6. The van der Waals surface area contributed by atoms with Gasteiger partial charge in [0.15, 0.2) is 0 Å². The van der Waals surface area contributed by atoms with Crippen LogP contribution in [0.15, 0.2) is 161 Å². The fourth-order valence-corrected chi connectivity index (χ4v) is 9.66. The molecule has 0 radical (unpaired) electrons. The predicted molar refractivity (Wildman–Crippen MR) is 212 cm³/mol. The van der Waals surface area contributed by atoms with Crippen LogP contribution in [0.2, 0.25) is 0 Å². The highest BCUT2D eigenvalue weighted by atomic mass is 127. The second kappa shape index (κ2) is 12.5. The largest absolute Gasteiger partial charge is 0.377 e. The van der Waals surface area contributed by atoms with Gasteiger partial charge in [0.2, 0.25) is 0 Å². The van der Waals surface area contributed by atoms with Crippen molar-refractivity contribution >= 4 is 52.9 Å². The van der Waals surface area contributed by atoms with Gasteiger partial charge in [0.25, 0.3) is 0 Å². The first-order chi connectivity index (χ1) is 24.6. The lowest BCUT2D eigenvalue weighted by Crippen LogP contribution is -2.48. The zero-order chi connectivity index (χ0) is 33.7. The minimum atomic E-state index is -0.529. The SMILES string of the molecule is CC1CI=CC=C1/C1=C2\C=CC(=N2)/C(c2ccncc2)=C2/C=CC(N2)C(C)(c2ccncc2)C2=N/C(=C(/c3ccncc3)c3ccc1[nH]3)C=C2. The van der Waals surface area contributed by atoms with Crippen molar-refractivity contribution in [3.05, 3.63) is 179 Å². The molecule has 8 bridgehead atoms. The molecule has 5 aliphatic heterocycles. The molecule has 4 aromatic rings.